The van der Waals surface area contributed by atoms with E-state index in [-0.39, 0.29) is 31.0 Å². The summed E-state index contributed by atoms with van der Waals surface area (Å²) < 4.78 is 24.2. The maximum atomic E-state index is 9.62. The minimum absolute atomic E-state index is 0.0287. The van der Waals surface area contributed by atoms with Crippen molar-refractivity contribution in [3.63, 3.8) is 0 Å². The molecule has 6 heteroatoms. The molecule has 0 aromatic heterocycles. The Kier molecular flexibility index (Phi) is 7.65. The topological polar surface area (TPSA) is 77.4 Å². The van der Waals surface area contributed by atoms with Crippen LogP contribution in [0, 0.1) is 0 Å². The van der Waals surface area contributed by atoms with Gasteiger partial charge in [0.15, 0.2) is 11.6 Å². The fourth-order valence-electron chi connectivity index (χ4n) is 3.86. The minimum Gasteiger partial charge on any atom is -0.394 e. The molecule has 0 bridgehead atoms. The van der Waals surface area contributed by atoms with Crippen LogP contribution in [0.15, 0.2) is 12.7 Å². The molecule has 0 saturated carbocycles. The first-order chi connectivity index (χ1) is 12.2. The third-order valence-electron chi connectivity index (χ3n) is 4.96. The molecule has 0 aliphatic carbocycles. The summed E-state index contributed by atoms with van der Waals surface area (Å²) >= 11 is 0. The molecule has 26 heavy (non-hydrogen) atoms. The van der Waals surface area contributed by atoms with Gasteiger partial charge >= 0.3 is 0 Å². The lowest BCUT2D eigenvalue weighted by Crippen LogP contribution is -2.29. The van der Waals surface area contributed by atoms with Crippen molar-refractivity contribution >= 4 is 0 Å². The van der Waals surface area contributed by atoms with Crippen LogP contribution in [0.3, 0.4) is 0 Å². The first-order valence-corrected chi connectivity index (χ1v) is 9.77. The highest BCUT2D eigenvalue weighted by molar-refractivity contribution is 4.87. The Hall–Kier alpha value is -0.500. The molecule has 152 valence electrons. The zero-order chi connectivity index (χ0) is 19.4. The summed E-state index contributed by atoms with van der Waals surface area (Å²) in [5.74, 6) is -1.19. The van der Waals surface area contributed by atoms with Crippen LogP contribution in [0.25, 0.3) is 0 Å². The quantitative estimate of drug-likeness (QED) is 0.574. The molecule has 6 nitrogen and oxygen atoms in total. The van der Waals surface area contributed by atoms with E-state index >= 15 is 0 Å². The van der Waals surface area contributed by atoms with Crippen LogP contribution in [-0.2, 0) is 18.9 Å². The van der Waals surface area contributed by atoms with Gasteiger partial charge in [0.05, 0.1) is 37.1 Å². The van der Waals surface area contributed by atoms with Gasteiger partial charge in [-0.05, 0) is 66.2 Å². The van der Waals surface area contributed by atoms with Crippen LogP contribution in [0.2, 0.25) is 0 Å². The van der Waals surface area contributed by atoms with Gasteiger partial charge in [0.25, 0.3) is 0 Å². The second-order valence-electron chi connectivity index (χ2n) is 8.28. The molecule has 1 unspecified atom stereocenters. The van der Waals surface area contributed by atoms with E-state index in [2.05, 4.69) is 6.58 Å². The SMILES string of the molecule is C=CCC[C@@H]1OC(C)(C)O[C@H]1CC[C@@H]1OC(C)(C)O[C@H]1CCC(O)CO. The van der Waals surface area contributed by atoms with Crippen molar-refractivity contribution in [2.24, 2.45) is 0 Å². The molecule has 0 spiro atoms. The van der Waals surface area contributed by atoms with E-state index in [1.54, 1.807) is 0 Å². The molecule has 2 rings (SSSR count). The average molecular weight is 373 g/mol. The lowest BCUT2D eigenvalue weighted by atomic mass is 9.98. The monoisotopic (exact) mass is 372 g/mol. The summed E-state index contributed by atoms with van der Waals surface area (Å²) in [6, 6.07) is 0. The molecule has 2 N–H and O–H groups in total. The van der Waals surface area contributed by atoms with E-state index in [9.17, 15) is 5.11 Å². The smallest absolute Gasteiger partial charge is 0.163 e. The van der Waals surface area contributed by atoms with Gasteiger partial charge in [-0.2, -0.15) is 0 Å². The van der Waals surface area contributed by atoms with Gasteiger partial charge in [-0.3, -0.25) is 0 Å². The minimum atomic E-state index is -0.710. The van der Waals surface area contributed by atoms with E-state index in [1.165, 1.54) is 0 Å². The van der Waals surface area contributed by atoms with Crippen molar-refractivity contribution in [3.8, 4) is 0 Å². The van der Waals surface area contributed by atoms with Crippen LogP contribution in [0.5, 0.6) is 0 Å². The molecule has 0 radical (unpaired) electrons. The van der Waals surface area contributed by atoms with Crippen LogP contribution in [0.4, 0.5) is 0 Å². The largest absolute Gasteiger partial charge is 0.394 e. The number of allylic oxidation sites excluding steroid dienone is 1. The summed E-state index contributed by atoms with van der Waals surface area (Å²) in [6.07, 6.45) is 5.73. The standard InChI is InChI=1S/C20H36O6/c1-6-7-8-15-17(25-19(2,3)23-15)11-12-18-16(10-9-14(22)13-21)24-20(4,5)26-18/h6,14-18,21-22H,1,7-13H2,2-5H3/t14?,15-,16-,17-,18-/m0/s1. The average Bonchev–Trinajstić information content (AvgIpc) is 3.02. The molecular weight excluding hydrogens is 336 g/mol. The molecule has 2 saturated heterocycles. The second kappa shape index (κ2) is 9.13. The number of aliphatic hydroxyl groups is 2. The molecule has 2 aliphatic heterocycles. The van der Waals surface area contributed by atoms with Crippen molar-refractivity contribution in [1.29, 1.82) is 0 Å². The molecular formula is C20H36O6. The molecule has 5 atom stereocenters. The Balaban J connectivity index is 1.90. The van der Waals surface area contributed by atoms with Crippen molar-refractivity contribution in [2.75, 3.05) is 6.61 Å². The number of aliphatic hydroxyl groups excluding tert-OH is 2. The Labute approximate surface area is 157 Å². The third-order valence-corrected chi connectivity index (χ3v) is 4.96. The zero-order valence-corrected chi connectivity index (χ0v) is 16.6. The summed E-state index contributed by atoms with van der Waals surface area (Å²) in [6.45, 7) is 11.3. The summed E-state index contributed by atoms with van der Waals surface area (Å²) in [5, 5.41) is 18.6. The zero-order valence-electron chi connectivity index (χ0n) is 16.6. The Bertz CT molecular complexity index is 450. The lowest BCUT2D eigenvalue weighted by Gasteiger charge is -2.21. The molecule has 2 fully saturated rings. The number of rotatable bonds is 10. The highest BCUT2D eigenvalue weighted by Crippen LogP contribution is 2.37. The van der Waals surface area contributed by atoms with Crippen molar-refractivity contribution < 1.29 is 29.2 Å². The maximum absolute atomic E-state index is 9.62. The van der Waals surface area contributed by atoms with Gasteiger partial charge in [-0.1, -0.05) is 6.08 Å². The summed E-state index contributed by atoms with van der Waals surface area (Å²) in [5.41, 5.74) is 0. The summed E-state index contributed by atoms with van der Waals surface area (Å²) in [4.78, 5) is 0. The van der Waals surface area contributed by atoms with E-state index in [1.807, 2.05) is 33.8 Å². The normalized spacial score (nSPS) is 34.1. The van der Waals surface area contributed by atoms with E-state index < -0.39 is 17.7 Å². The van der Waals surface area contributed by atoms with Gasteiger partial charge in [0.1, 0.15) is 0 Å². The first-order valence-electron chi connectivity index (χ1n) is 9.77. The van der Waals surface area contributed by atoms with Crippen LogP contribution >= 0.6 is 0 Å². The van der Waals surface area contributed by atoms with Gasteiger partial charge in [-0.25, -0.2) is 0 Å². The third kappa shape index (κ3) is 6.29. The highest BCUT2D eigenvalue weighted by Gasteiger charge is 2.44. The van der Waals surface area contributed by atoms with Crippen LogP contribution in [0.1, 0.15) is 66.2 Å². The molecule has 2 aliphatic rings. The van der Waals surface area contributed by atoms with Crippen molar-refractivity contribution in [2.45, 2.75) is 108 Å². The predicted molar refractivity (Wildman–Crippen MR) is 98.6 cm³/mol. The molecule has 0 aromatic carbocycles. The predicted octanol–water partition coefficient (Wildman–Crippen LogP) is 2.91. The van der Waals surface area contributed by atoms with Gasteiger partial charge in [0, 0.05) is 0 Å². The molecule has 0 aromatic rings. The van der Waals surface area contributed by atoms with Crippen LogP contribution in [-0.4, -0.2) is 58.9 Å². The number of hydrogen-bond donors (Lipinski definition) is 2. The van der Waals surface area contributed by atoms with Gasteiger partial charge in [0.2, 0.25) is 0 Å². The van der Waals surface area contributed by atoms with E-state index in [0.717, 1.165) is 25.7 Å². The Morgan fingerprint density at radius 3 is 1.69 bits per heavy atom. The second-order valence-corrected chi connectivity index (χ2v) is 8.28. The molecule has 2 heterocycles. The first kappa shape index (κ1) is 21.8. The maximum Gasteiger partial charge on any atom is 0.163 e. The van der Waals surface area contributed by atoms with Gasteiger partial charge < -0.3 is 29.2 Å². The van der Waals surface area contributed by atoms with E-state index in [0.29, 0.717) is 12.8 Å². The number of ether oxygens (including phenoxy) is 4. The van der Waals surface area contributed by atoms with Crippen molar-refractivity contribution in [3.05, 3.63) is 12.7 Å². The highest BCUT2D eigenvalue weighted by atomic mass is 16.8. The fourth-order valence-corrected chi connectivity index (χ4v) is 3.86. The number of hydrogen-bond acceptors (Lipinski definition) is 6. The Morgan fingerprint density at radius 2 is 1.27 bits per heavy atom. The lowest BCUT2D eigenvalue weighted by molar-refractivity contribution is -0.152. The fraction of sp³-hybridized carbons (Fsp3) is 0.900. The molecule has 0 amide bonds. The summed E-state index contributed by atoms with van der Waals surface area (Å²) in [7, 11) is 0. The van der Waals surface area contributed by atoms with Crippen LogP contribution < -0.4 is 0 Å². The van der Waals surface area contributed by atoms with E-state index in [4.69, 9.17) is 24.1 Å². The van der Waals surface area contributed by atoms with Gasteiger partial charge in [-0.15, -0.1) is 6.58 Å². The Morgan fingerprint density at radius 1 is 0.846 bits per heavy atom. The van der Waals surface area contributed by atoms with Crippen molar-refractivity contribution in [1.82, 2.24) is 0 Å².